The molecule has 6 rings (SSSR count). The number of nitrogens with zero attached hydrogens (tertiary/aromatic N) is 5. The molecule has 2 aliphatic carbocycles. The topological polar surface area (TPSA) is 148 Å². The van der Waals surface area contributed by atoms with Crippen molar-refractivity contribution in [3.8, 4) is 10.7 Å². The number of anilines is 1. The normalized spacial score (nSPS) is 22.5. The molecule has 3 aliphatic rings. The van der Waals surface area contributed by atoms with Gasteiger partial charge >= 0.3 is 0 Å². The van der Waals surface area contributed by atoms with Gasteiger partial charge in [0.1, 0.15) is 16.6 Å². The molecule has 1 saturated heterocycles. The van der Waals surface area contributed by atoms with Crippen molar-refractivity contribution in [2.45, 2.75) is 80.8 Å². The molecule has 0 unspecified atom stereocenters. The first-order valence-electron chi connectivity index (χ1n) is 12.8. The molecule has 2 saturated carbocycles. The van der Waals surface area contributed by atoms with Gasteiger partial charge in [-0.2, -0.15) is 0 Å². The van der Waals surface area contributed by atoms with Crippen molar-refractivity contribution >= 4 is 38.6 Å². The van der Waals surface area contributed by atoms with E-state index in [1.807, 2.05) is 25.7 Å². The number of nitrogens with two attached hydrogens (primary N) is 1. The van der Waals surface area contributed by atoms with E-state index < -0.39 is 44.5 Å². The van der Waals surface area contributed by atoms with Crippen molar-refractivity contribution in [3.05, 3.63) is 23.0 Å². The van der Waals surface area contributed by atoms with Crippen molar-refractivity contribution in [2.75, 3.05) is 18.0 Å². The predicted molar refractivity (Wildman–Crippen MR) is 141 cm³/mol. The molecule has 1 atom stereocenters. The lowest BCUT2D eigenvalue weighted by Gasteiger charge is -2.43. The van der Waals surface area contributed by atoms with Crippen LogP contribution in [0.5, 0.6) is 0 Å². The lowest BCUT2D eigenvalue weighted by Crippen LogP contribution is -2.65. The minimum Gasteiger partial charge on any atom is -0.368 e. The maximum absolute atomic E-state index is 13.6. The number of halogens is 2. The molecule has 3 aromatic heterocycles. The van der Waals surface area contributed by atoms with Gasteiger partial charge in [-0.15, -0.1) is 10.2 Å². The number of fused-ring (bicyclic) bond motifs is 1. The highest BCUT2D eigenvalue weighted by atomic mass is 32.2. The van der Waals surface area contributed by atoms with E-state index in [1.54, 1.807) is 10.5 Å². The zero-order valence-electron chi connectivity index (χ0n) is 21.7. The summed E-state index contributed by atoms with van der Waals surface area (Å²) in [6.07, 6.45) is 1.92. The van der Waals surface area contributed by atoms with Crippen molar-refractivity contribution in [1.29, 1.82) is 0 Å². The van der Waals surface area contributed by atoms with E-state index >= 15 is 0 Å². The van der Waals surface area contributed by atoms with Gasteiger partial charge in [-0.25, -0.2) is 26.9 Å². The summed E-state index contributed by atoms with van der Waals surface area (Å²) in [7, 11) is -3.95. The minimum absolute atomic E-state index is 0.00434. The molecule has 39 heavy (non-hydrogen) atoms. The molecule has 0 aromatic carbocycles. The van der Waals surface area contributed by atoms with Gasteiger partial charge in [-0.3, -0.25) is 14.5 Å². The van der Waals surface area contributed by atoms with Crippen LogP contribution < -0.4 is 20.7 Å². The second-order valence-corrected chi connectivity index (χ2v) is 14.3. The first-order valence-corrected chi connectivity index (χ1v) is 15.1. The molecular formula is C24H30F2N8O3S2. The third-order valence-corrected chi connectivity index (χ3v) is 9.97. The standard InChI is InChI=1S/C24H30F2N8O3S2/c1-23(2)11-33(10-14(29-23)19(27)35)15-8-13(39(36,37)32-24(3)6-7-24)9-34-17(16(12-4-5-12)28-20(15)34)21-30-31-22(38-21)18(25)26/h8-9,12,14,18,29,32H,4-7,10-11H2,1-3H3,(H2,27,35)/t14-/m0/s1. The summed E-state index contributed by atoms with van der Waals surface area (Å²) in [6.45, 7) is 6.36. The van der Waals surface area contributed by atoms with Crippen LogP contribution in [0.4, 0.5) is 14.5 Å². The maximum atomic E-state index is 13.6. The molecule has 1 aliphatic heterocycles. The first kappa shape index (κ1) is 26.5. The van der Waals surface area contributed by atoms with Crippen molar-refractivity contribution < 1.29 is 22.0 Å². The van der Waals surface area contributed by atoms with E-state index in [9.17, 15) is 22.0 Å². The molecule has 11 nitrogen and oxygen atoms in total. The van der Waals surface area contributed by atoms with Gasteiger partial charge in [-0.05, 0) is 52.5 Å². The number of piperazine rings is 1. The van der Waals surface area contributed by atoms with Crippen LogP contribution in [0.25, 0.3) is 16.3 Å². The third kappa shape index (κ3) is 5.00. The highest BCUT2D eigenvalue weighted by molar-refractivity contribution is 7.89. The molecule has 3 aromatic rings. The van der Waals surface area contributed by atoms with Crippen LogP contribution in [-0.4, -0.2) is 64.1 Å². The Bertz CT molecular complexity index is 1580. The predicted octanol–water partition coefficient (Wildman–Crippen LogP) is 2.54. The fourth-order valence-electron chi connectivity index (χ4n) is 5.12. The average molecular weight is 581 g/mol. The monoisotopic (exact) mass is 580 g/mol. The van der Waals surface area contributed by atoms with E-state index in [4.69, 9.17) is 10.7 Å². The SMILES string of the molecule is CC1(C)CN(c2cc(S(=O)(=O)NC3(C)CC3)cn3c(-c4nnc(C(F)F)s4)c(C4CC4)nc23)C[C@@H](C(N)=O)N1. The van der Waals surface area contributed by atoms with Gasteiger partial charge < -0.3 is 10.6 Å². The fourth-order valence-corrected chi connectivity index (χ4v) is 7.35. The number of aromatic nitrogens is 4. The highest BCUT2D eigenvalue weighted by Crippen LogP contribution is 2.46. The zero-order chi connectivity index (χ0) is 27.9. The van der Waals surface area contributed by atoms with Crippen LogP contribution in [0.3, 0.4) is 0 Å². The maximum Gasteiger partial charge on any atom is 0.291 e. The van der Waals surface area contributed by atoms with Crippen LogP contribution in [0.15, 0.2) is 17.2 Å². The van der Waals surface area contributed by atoms with Gasteiger partial charge in [0.15, 0.2) is 15.7 Å². The number of nitrogens with one attached hydrogen (secondary N) is 2. The van der Waals surface area contributed by atoms with E-state index in [2.05, 4.69) is 20.2 Å². The van der Waals surface area contributed by atoms with Crippen LogP contribution >= 0.6 is 11.3 Å². The van der Waals surface area contributed by atoms with Gasteiger partial charge in [-0.1, -0.05) is 11.3 Å². The Kier molecular flexibility index (Phi) is 6.03. The Balaban J connectivity index is 1.58. The number of sulfonamides is 1. The van der Waals surface area contributed by atoms with Crippen molar-refractivity contribution in [3.63, 3.8) is 0 Å². The summed E-state index contributed by atoms with van der Waals surface area (Å²) in [5, 5.41) is 10.8. The Labute approximate surface area is 228 Å². The number of hydrogen-bond donors (Lipinski definition) is 3. The number of amides is 1. The summed E-state index contributed by atoms with van der Waals surface area (Å²) < 4.78 is 58.4. The molecule has 1 amide bonds. The second-order valence-electron chi connectivity index (χ2n) is 11.7. The Morgan fingerprint density at radius 2 is 1.97 bits per heavy atom. The number of imidazole rings is 1. The van der Waals surface area contributed by atoms with Crippen molar-refractivity contribution in [1.82, 2.24) is 29.6 Å². The number of carbonyl (C=O) groups excluding carboxylic acids is 1. The summed E-state index contributed by atoms with van der Waals surface area (Å²) in [5.41, 5.74) is 6.73. The van der Waals surface area contributed by atoms with Gasteiger partial charge in [0.05, 0.1) is 11.4 Å². The number of carbonyl (C=O) groups is 1. The molecule has 4 N–H and O–H groups in total. The molecule has 4 heterocycles. The summed E-state index contributed by atoms with van der Waals surface area (Å²) >= 11 is 0.769. The first-order chi connectivity index (χ1) is 18.3. The summed E-state index contributed by atoms with van der Waals surface area (Å²) in [6, 6.07) is 0.896. The fraction of sp³-hybridized carbons (Fsp3) is 0.583. The molecule has 3 fully saturated rings. The number of primary amides is 1. The second kappa shape index (κ2) is 8.88. The Morgan fingerprint density at radius 1 is 1.26 bits per heavy atom. The van der Waals surface area contributed by atoms with E-state index in [0.717, 1.165) is 37.0 Å². The van der Waals surface area contributed by atoms with E-state index in [0.29, 0.717) is 29.3 Å². The van der Waals surface area contributed by atoms with Crippen molar-refractivity contribution in [2.24, 2.45) is 5.73 Å². The van der Waals surface area contributed by atoms with E-state index in [1.165, 1.54) is 6.20 Å². The van der Waals surface area contributed by atoms with Gasteiger partial charge in [0, 0.05) is 36.3 Å². The molecule has 0 radical (unpaired) electrons. The van der Waals surface area contributed by atoms with Gasteiger partial charge in [0.25, 0.3) is 6.43 Å². The van der Waals surface area contributed by atoms with Crippen LogP contribution in [0.1, 0.15) is 69.5 Å². The third-order valence-electron chi connectivity index (χ3n) is 7.43. The molecule has 0 spiro atoms. The molecule has 210 valence electrons. The average Bonchev–Trinajstić information content (AvgIpc) is 3.72. The lowest BCUT2D eigenvalue weighted by atomic mass is 9.97. The summed E-state index contributed by atoms with van der Waals surface area (Å²) in [5.74, 6) is -0.417. The van der Waals surface area contributed by atoms with Crippen LogP contribution in [-0.2, 0) is 14.8 Å². The Morgan fingerprint density at radius 3 is 2.56 bits per heavy atom. The molecular weight excluding hydrogens is 550 g/mol. The zero-order valence-corrected chi connectivity index (χ0v) is 23.4. The summed E-state index contributed by atoms with van der Waals surface area (Å²) in [4.78, 5) is 19.0. The van der Waals surface area contributed by atoms with E-state index in [-0.39, 0.29) is 22.4 Å². The number of rotatable bonds is 8. The molecule has 0 bridgehead atoms. The lowest BCUT2D eigenvalue weighted by molar-refractivity contribution is -0.120. The largest absolute Gasteiger partial charge is 0.368 e. The highest BCUT2D eigenvalue weighted by Gasteiger charge is 2.42. The Hall–Kier alpha value is -2.75. The quantitative estimate of drug-likeness (QED) is 0.368. The number of alkyl halides is 2. The minimum atomic E-state index is -3.95. The smallest absolute Gasteiger partial charge is 0.291 e. The van der Waals surface area contributed by atoms with Crippen LogP contribution in [0.2, 0.25) is 0 Å². The van der Waals surface area contributed by atoms with Gasteiger partial charge in [0.2, 0.25) is 15.9 Å². The number of hydrogen-bond acceptors (Lipinski definition) is 9. The number of pyridine rings is 1. The van der Waals surface area contributed by atoms with Crippen LogP contribution in [0, 0.1) is 0 Å². The molecule has 15 heteroatoms.